The number of halogens is 1. The van der Waals surface area contributed by atoms with Gasteiger partial charge >= 0.3 is 94.5 Å². The van der Waals surface area contributed by atoms with Gasteiger partial charge in [0.1, 0.15) is 0 Å². The molecule has 0 nitrogen and oxygen atoms in total. The molecule has 0 aromatic rings. The third-order valence-corrected chi connectivity index (χ3v) is 8.76. The van der Waals surface area contributed by atoms with Gasteiger partial charge in [0.05, 0.1) is 0 Å². The molecular weight excluding hydrogens is 260 g/mol. The average Bonchev–Trinajstić information content (AvgIpc) is 2.76. The standard InChI is InChI=1S/2C5H5.CH2Br.Ti/c2*1-2-4-5-3-1;1-2;/h2*1-3H,4H2;1H2;. The Morgan fingerprint density at radius 2 is 1.62 bits per heavy atom. The molecule has 0 bridgehead atoms. The van der Waals surface area contributed by atoms with Gasteiger partial charge in [-0.2, -0.15) is 0 Å². The maximum atomic E-state index is 3.67. The van der Waals surface area contributed by atoms with E-state index in [-0.39, 0.29) is 0 Å². The van der Waals surface area contributed by atoms with Crippen molar-refractivity contribution >= 4 is 15.9 Å². The first-order valence-electron chi connectivity index (χ1n) is 4.56. The van der Waals surface area contributed by atoms with E-state index in [4.69, 9.17) is 0 Å². The molecule has 0 aromatic heterocycles. The van der Waals surface area contributed by atoms with Crippen molar-refractivity contribution in [2.24, 2.45) is 0 Å². The van der Waals surface area contributed by atoms with E-state index in [1.807, 2.05) is 0 Å². The first kappa shape index (κ1) is 9.70. The van der Waals surface area contributed by atoms with Gasteiger partial charge in [-0.3, -0.25) is 0 Å². The predicted octanol–water partition coefficient (Wildman–Crippen LogP) is 3.64. The van der Waals surface area contributed by atoms with E-state index in [1.165, 1.54) is 16.5 Å². The zero-order chi connectivity index (χ0) is 9.10. The predicted molar refractivity (Wildman–Crippen MR) is 57.5 cm³/mol. The van der Waals surface area contributed by atoms with E-state index in [0.29, 0.717) is 0 Å². The molecule has 2 aliphatic carbocycles. The number of rotatable bonds is 3. The van der Waals surface area contributed by atoms with Gasteiger partial charge in [0.25, 0.3) is 0 Å². The second kappa shape index (κ2) is 4.59. The summed E-state index contributed by atoms with van der Waals surface area (Å²) in [6.45, 7) is 0. The van der Waals surface area contributed by atoms with Crippen molar-refractivity contribution in [1.29, 1.82) is 0 Å². The fraction of sp³-hybridized carbons (Fsp3) is 0.273. The van der Waals surface area contributed by atoms with E-state index in [0.717, 1.165) is 0 Å². The zero-order valence-electron chi connectivity index (χ0n) is 7.46. The van der Waals surface area contributed by atoms with Crippen LogP contribution in [0.2, 0.25) is 0 Å². The summed E-state index contributed by atoms with van der Waals surface area (Å²) in [7, 11) is 0. The fourth-order valence-corrected chi connectivity index (χ4v) is 7.94. The minimum atomic E-state index is -1.09. The van der Waals surface area contributed by atoms with Gasteiger partial charge in [-0.1, -0.05) is 0 Å². The van der Waals surface area contributed by atoms with Crippen LogP contribution in [0.5, 0.6) is 0 Å². The van der Waals surface area contributed by atoms with Gasteiger partial charge in [-0.25, -0.2) is 0 Å². The van der Waals surface area contributed by atoms with Crippen molar-refractivity contribution in [3.8, 4) is 0 Å². The van der Waals surface area contributed by atoms with E-state index in [1.54, 1.807) is 7.76 Å². The summed E-state index contributed by atoms with van der Waals surface area (Å²) in [6.07, 6.45) is 16.0. The molecular formula is C11H12BrTi. The monoisotopic (exact) mass is 271 g/mol. The number of alkyl halides is 1. The van der Waals surface area contributed by atoms with Crippen LogP contribution in [0.3, 0.4) is 0 Å². The molecule has 0 radical (unpaired) electrons. The Balaban J connectivity index is 2.09. The maximum absolute atomic E-state index is 3.67. The normalized spacial score (nSPS) is 19.2. The van der Waals surface area contributed by atoms with Crippen LogP contribution in [-0.4, -0.2) is 3.63 Å². The third-order valence-electron chi connectivity index (χ3n) is 2.45. The molecule has 0 heterocycles. The molecule has 0 saturated carbocycles. The van der Waals surface area contributed by atoms with Gasteiger partial charge in [-0.15, -0.1) is 0 Å². The summed E-state index contributed by atoms with van der Waals surface area (Å²) in [6, 6.07) is 0. The van der Waals surface area contributed by atoms with Crippen LogP contribution in [-0.2, 0) is 17.9 Å². The van der Waals surface area contributed by atoms with Crippen molar-refractivity contribution in [3.05, 3.63) is 44.2 Å². The minimum absolute atomic E-state index is 1.09. The van der Waals surface area contributed by atoms with Crippen LogP contribution in [0.25, 0.3) is 0 Å². The Labute approximate surface area is 94.1 Å². The van der Waals surface area contributed by atoms with E-state index in [2.05, 4.69) is 52.4 Å². The summed E-state index contributed by atoms with van der Waals surface area (Å²) in [5, 5.41) is 0. The van der Waals surface area contributed by atoms with Crippen LogP contribution in [0, 0.1) is 0 Å². The molecule has 0 N–H and O–H groups in total. The number of hydrogen-bond acceptors (Lipinski definition) is 0. The second-order valence-electron chi connectivity index (χ2n) is 3.26. The van der Waals surface area contributed by atoms with Gasteiger partial charge in [0.2, 0.25) is 0 Å². The molecule has 2 aliphatic rings. The molecule has 0 aromatic carbocycles. The van der Waals surface area contributed by atoms with Crippen molar-refractivity contribution in [2.75, 3.05) is 3.63 Å². The Morgan fingerprint density at radius 1 is 1.08 bits per heavy atom. The Morgan fingerprint density at radius 3 is 1.92 bits per heavy atom. The summed E-state index contributed by atoms with van der Waals surface area (Å²) in [5.74, 6) is 0. The zero-order valence-corrected chi connectivity index (χ0v) is 10.6. The number of allylic oxidation sites excluding steroid dienone is 8. The summed E-state index contributed by atoms with van der Waals surface area (Å²) < 4.78 is 4.65. The third kappa shape index (κ3) is 2.15. The van der Waals surface area contributed by atoms with Crippen molar-refractivity contribution in [3.63, 3.8) is 0 Å². The molecule has 0 saturated heterocycles. The fourth-order valence-electron chi connectivity index (χ4n) is 1.72. The second-order valence-corrected chi connectivity index (χ2v) is 9.49. The molecule has 0 aliphatic heterocycles. The average molecular weight is 272 g/mol. The summed E-state index contributed by atoms with van der Waals surface area (Å²) in [5.41, 5.74) is 0. The molecule has 0 fully saturated rings. The Hall–Kier alpha value is 0.154. The van der Waals surface area contributed by atoms with Gasteiger partial charge < -0.3 is 0 Å². The van der Waals surface area contributed by atoms with Crippen LogP contribution in [0.15, 0.2) is 44.2 Å². The quantitative estimate of drug-likeness (QED) is 0.543. The van der Waals surface area contributed by atoms with Crippen molar-refractivity contribution < 1.29 is 17.9 Å². The summed E-state index contributed by atoms with van der Waals surface area (Å²) >= 11 is 2.58. The molecule has 0 atom stereocenters. The molecule has 0 unspecified atom stereocenters. The van der Waals surface area contributed by atoms with E-state index in [9.17, 15) is 0 Å². The van der Waals surface area contributed by atoms with E-state index >= 15 is 0 Å². The molecule has 2 rings (SSSR count). The van der Waals surface area contributed by atoms with Crippen LogP contribution in [0.1, 0.15) is 12.8 Å². The molecule has 0 spiro atoms. The van der Waals surface area contributed by atoms with Gasteiger partial charge in [-0.05, 0) is 0 Å². The van der Waals surface area contributed by atoms with Crippen LogP contribution < -0.4 is 0 Å². The van der Waals surface area contributed by atoms with Crippen LogP contribution >= 0.6 is 15.9 Å². The SMILES string of the molecule is Br[CH2][Ti]([C]1=CC=CC1)[C]1=CC=CC1. The summed E-state index contributed by atoms with van der Waals surface area (Å²) in [4.78, 5) is 0. The molecule has 67 valence electrons. The van der Waals surface area contributed by atoms with Crippen molar-refractivity contribution in [1.82, 2.24) is 0 Å². The Bertz CT molecular complexity index is 280. The number of hydrogen-bond donors (Lipinski definition) is 0. The topological polar surface area (TPSA) is 0 Å². The molecule has 2 heteroatoms. The van der Waals surface area contributed by atoms with Gasteiger partial charge in [0, 0.05) is 0 Å². The first-order valence-corrected chi connectivity index (χ1v) is 8.34. The molecule has 13 heavy (non-hydrogen) atoms. The Kier molecular flexibility index (Phi) is 3.42. The van der Waals surface area contributed by atoms with E-state index < -0.39 is 17.9 Å². The van der Waals surface area contributed by atoms with Crippen LogP contribution in [0.4, 0.5) is 0 Å². The first-order chi connectivity index (χ1) is 6.42. The van der Waals surface area contributed by atoms with Gasteiger partial charge in [0.15, 0.2) is 0 Å². The molecule has 0 amide bonds. The van der Waals surface area contributed by atoms with Crippen molar-refractivity contribution in [2.45, 2.75) is 12.8 Å².